The summed E-state index contributed by atoms with van der Waals surface area (Å²) < 4.78 is 20.8. The van der Waals surface area contributed by atoms with E-state index in [9.17, 15) is 9.59 Å². The lowest BCUT2D eigenvalue weighted by Crippen LogP contribution is -2.32. The summed E-state index contributed by atoms with van der Waals surface area (Å²) in [5, 5.41) is 10.9. The number of anilines is 1. The van der Waals surface area contributed by atoms with Crippen molar-refractivity contribution in [2.24, 2.45) is 10.2 Å². The Morgan fingerprint density at radius 3 is 1.97 bits per heavy atom. The maximum atomic E-state index is 12.8. The molecule has 9 nitrogen and oxygen atoms in total. The number of rotatable bonds is 9. The number of carbonyl (C=O) groups is 2. The average molecular weight is 470 g/mol. The highest BCUT2D eigenvalue weighted by Gasteiger charge is 2.26. The van der Waals surface area contributed by atoms with Crippen molar-refractivity contribution in [1.29, 1.82) is 0 Å². The van der Waals surface area contributed by atoms with Gasteiger partial charge in [-0.15, -0.1) is 0 Å². The minimum atomic E-state index is -1.46. The number of ether oxygens (including phenoxy) is 4. The van der Waals surface area contributed by atoms with E-state index < -0.39 is 17.7 Å². The zero-order valence-electron chi connectivity index (χ0n) is 17.5. The van der Waals surface area contributed by atoms with Crippen molar-refractivity contribution in [3.05, 3.63) is 34.3 Å². The first-order chi connectivity index (χ1) is 14.7. The van der Waals surface area contributed by atoms with Crippen LogP contribution < -0.4 is 24.3 Å². The van der Waals surface area contributed by atoms with E-state index in [0.29, 0.717) is 16.5 Å². The predicted octanol–water partition coefficient (Wildman–Crippen LogP) is 4.71. The molecule has 0 bridgehead atoms. The van der Waals surface area contributed by atoms with Crippen LogP contribution in [0, 0.1) is 0 Å². The fraction of sp³-hybridized carbons (Fsp3) is 0.300. The van der Waals surface area contributed by atoms with Gasteiger partial charge >= 0.3 is 0 Å². The first-order valence-corrected chi connectivity index (χ1v) is 9.56. The highest BCUT2D eigenvalue weighted by Crippen LogP contribution is 2.39. The molecule has 0 aliphatic heterocycles. The Bertz CT molecular complexity index is 988. The molecule has 0 saturated heterocycles. The van der Waals surface area contributed by atoms with Crippen LogP contribution in [0.3, 0.4) is 0 Å². The number of methoxy groups -OCH3 is 4. The molecule has 31 heavy (non-hydrogen) atoms. The fourth-order valence-electron chi connectivity index (χ4n) is 2.53. The summed E-state index contributed by atoms with van der Waals surface area (Å²) in [5.74, 6) is -0.0839. The largest absolute Gasteiger partial charge is 0.497 e. The summed E-state index contributed by atoms with van der Waals surface area (Å²) in [6, 6.07) is 4.58. The van der Waals surface area contributed by atoms with Crippen LogP contribution in [-0.2, 0) is 9.59 Å². The Hall–Kier alpha value is -3.04. The van der Waals surface area contributed by atoms with Crippen LogP contribution in [0.4, 0.5) is 11.4 Å². The molecule has 1 amide bonds. The molecular weight excluding hydrogens is 449 g/mol. The quantitative estimate of drug-likeness (QED) is 0.420. The van der Waals surface area contributed by atoms with E-state index in [1.165, 1.54) is 53.6 Å². The normalized spacial score (nSPS) is 11.7. The highest BCUT2D eigenvalue weighted by atomic mass is 35.5. The molecule has 2 rings (SSSR count). The van der Waals surface area contributed by atoms with E-state index in [2.05, 4.69) is 15.5 Å². The van der Waals surface area contributed by atoms with E-state index in [1.807, 2.05) is 0 Å². The Morgan fingerprint density at radius 2 is 1.48 bits per heavy atom. The minimum Gasteiger partial charge on any atom is -0.497 e. The van der Waals surface area contributed by atoms with Gasteiger partial charge in [-0.25, -0.2) is 0 Å². The third kappa shape index (κ3) is 5.77. The molecule has 1 N–H and O–H groups in total. The van der Waals surface area contributed by atoms with Gasteiger partial charge in [-0.2, -0.15) is 10.2 Å². The van der Waals surface area contributed by atoms with Crippen molar-refractivity contribution in [2.45, 2.75) is 13.0 Å². The number of ketones is 1. The molecular formula is C20H21Cl2N3O6. The number of hydrogen-bond acceptors (Lipinski definition) is 8. The standard InChI is InChI=1S/C20H21Cl2N3O6/c1-10(26)18(25-24-13-8-12(28-2)9-14(29-3)17(13)22)20(27)23-19-15(30-4)6-11(21)7-16(19)31-5/h6-9,18H,1-5H3,(H,23,27). The van der Waals surface area contributed by atoms with Gasteiger partial charge in [-0.1, -0.05) is 23.2 Å². The number of amides is 1. The van der Waals surface area contributed by atoms with Gasteiger partial charge in [0, 0.05) is 29.3 Å². The van der Waals surface area contributed by atoms with Gasteiger partial charge in [-0.3, -0.25) is 9.59 Å². The molecule has 0 fully saturated rings. The Labute approximate surface area is 189 Å². The zero-order chi connectivity index (χ0) is 23.1. The summed E-state index contributed by atoms with van der Waals surface area (Å²) in [4.78, 5) is 24.9. The molecule has 0 saturated carbocycles. The SMILES string of the molecule is COc1cc(N=NC(C(C)=O)C(=O)Nc2c(OC)cc(Cl)cc2OC)c(Cl)c(OC)c1. The number of nitrogens with zero attached hydrogens (tertiary/aromatic N) is 2. The van der Waals surface area contributed by atoms with Crippen molar-refractivity contribution in [2.75, 3.05) is 33.8 Å². The van der Waals surface area contributed by atoms with Crippen molar-refractivity contribution < 1.29 is 28.5 Å². The third-order valence-electron chi connectivity index (χ3n) is 4.08. The molecule has 0 aliphatic rings. The highest BCUT2D eigenvalue weighted by molar-refractivity contribution is 6.34. The number of carbonyl (C=O) groups excluding carboxylic acids is 2. The van der Waals surface area contributed by atoms with Crippen LogP contribution in [-0.4, -0.2) is 46.2 Å². The molecule has 1 unspecified atom stereocenters. The molecule has 0 heterocycles. The summed E-state index contributed by atoms with van der Waals surface area (Å²) in [7, 11) is 5.70. The lowest BCUT2D eigenvalue weighted by molar-refractivity contribution is -0.126. The van der Waals surface area contributed by atoms with Gasteiger partial charge < -0.3 is 24.3 Å². The lowest BCUT2D eigenvalue weighted by Gasteiger charge is -2.16. The van der Waals surface area contributed by atoms with Crippen molar-refractivity contribution in [3.63, 3.8) is 0 Å². The third-order valence-corrected chi connectivity index (χ3v) is 4.68. The lowest BCUT2D eigenvalue weighted by atomic mass is 10.2. The minimum absolute atomic E-state index is 0.149. The molecule has 1 atom stereocenters. The van der Waals surface area contributed by atoms with Gasteiger partial charge in [0.1, 0.15) is 39.4 Å². The van der Waals surface area contributed by atoms with E-state index in [-0.39, 0.29) is 27.9 Å². The number of Topliss-reactive ketones (excluding diaryl/α,β-unsaturated/α-hetero) is 1. The van der Waals surface area contributed by atoms with E-state index in [0.717, 1.165) is 0 Å². The number of azo groups is 1. The molecule has 11 heteroatoms. The number of nitrogens with one attached hydrogen (secondary N) is 1. The summed E-state index contributed by atoms with van der Waals surface area (Å²) in [6.07, 6.45) is 0. The van der Waals surface area contributed by atoms with Crippen molar-refractivity contribution >= 4 is 46.3 Å². The topological polar surface area (TPSA) is 108 Å². The number of halogens is 2. The van der Waals surface area contributed by atoms with Gasteiger partial charge in [0.15, 0.2) is 5.78 Å². The van der Waals surface area contributed by atoms with Crippen molar-refractivity contribution in [1.82, 2.24) is 0 Å². The van der Waals surface area contributed by atoms with Crippen LogP contribution >= 0.6 is 23.2 Å². The summed E-state index contributed by atoms with van der Waals surface area (Å²) in [6.45, 7) is 1.22. The zero-order valence-corrected chi connectivity index (χ0v) is 19.0. The summed E-state index contributed by atoms with van der Waals surface area (Å²) in [5.41, 5.74) is 0.362. The molecule has 0 spiro atoms. The molecule has 2 aromatic carbocycles. The fourth-order valence-corrected chi connectivity index (χ4v) is 2.95. The Kier molecular flexibility index (Phi) is 8.47. The molecule has 0 aromatic heterocycles. The maximum absolute atomic E-state index is 12.8. The number of hydrogen-bond donors (Lipinski definition) is 1. The van der Waals surface area contributed by atoms with Gasteiger partial charge in [0.25, 0.3) is 5.91 Å². The van der Waals surface area contributed by atoms with Crippen LogP contribution in [0.15, 0.2) is 34.5 Å². The Balaban J connectivity index is 2.38. The number of benzene rings is 2. The second-order valence-electron chi connectivity index (χ2n) is 6.07. The average Bonchev–Trinajstić information content (AvgIpc) is 2.75. The second-order valence-corrected chi connectivity index (χ2v) is 6.88. The smallest absolute Gasteiger partial charge is 0.259 e. The molecule has 2 aromatic rings. The molecule has 166 valence electrons. The van der Waals surface area contributed by atoms with Crippen LogP contribution in [0.25, 0.3) is 0 Å². The first kappa shape index (κ1) is 24.2. The van der Waals surface area contributed by atoms with E-state index >= 15 is 0 Å². The second kappa shape index (κ2) is 10.8. The van der Waals surface area contributed by atoms with Crippen molar-refractivity contribution in [3.8, 4) is 23.0 Å². The van der Waals surface area contributed by atoms with Crippen LogP contribution in [0.2, 0.25) is 10.0 Å². The summed E-state index contributed by atoms with van der Waals surface area (Å²) >= 11 is 12.3. The van der Waals surface area contributed by atoms with E-state index in [1.54, 1.807) is 6.07 Å². The van der Waals surface area contributed by atoms with Gasteiger partial charge in [0.05, 0.1) is 28.4 Å². The molecule has 0 radical (unpaired) electrons. The monoisotopic (exact) mass is 469 g/mol. The van der Waals surface area contributed by atoms with Crippen LogP contribution in [0.5, 0.6) is 23.0 Å². The Morgan fingerprint density at radius 1 is 0.903 bits per heavy atom. The predicted molar refractivity (Wildman–Crippen MR) is 117 cm³/mol. The first-order valence-electron chi connectivity index (χ1n) is 8.80. The van der Waals surface area contributed by atoms with Gasteiger partial charge in [-0.05, 0) is 6.92 Å². The molecule has 0 aliphatic carbocycles. The van der Waals surface area contributed by atoms with E-state index in [4.69, 9.17) is 42.1 Å². The van der Waals surface area contributed by atoms with Crippen LogP contribution in [0.1, 0.15) is 6.92 Å². The van der Waals surface area contributed by atoms with Gasteiger partial charge in [0.2, 0.25) is 6.04 Å². The maximum Gasteiger partial charge on any atom is 0.259 e.